The van der Waals surface area contributed by atoms with Crippen molar-refractivity contribution in [3.8, 4) is 17.2 Å². The number of amides is 2. The number of benzene rings is 3. The molecule has 0 fully saturated rings. The fraction of sp³-hybridized carbons (Fsp3) is 0.259. The Hall–Kier alpha value is -4.00. The number of rotatable bonds is 7. The zero-order valence-electron chi connectivity index (χ0n) is 19.8. The molecule has 1 atom stereocenters. The lowest BCUT2D eigenvalue weighted by Crippen LogP contribution is -2.35. The molecule has 0 radical (unpaired) electrons. The second-order valence-electron chi connectivity index (χ2n) is 8.15. The van der Waals surface area contributed by atoms with Crippen LogP contribution in [0.2, 0.25) is 0 Å². The summed E-state index contributed by atoms with van der Waals surface area (Å²) < 4.78 is 16.0. The van der Waals surface area contributed by atoms with Gasteiger partial charge in [-0.25, -0.2) is 0 Å². The van der Waals surface area contributed by atoms with E-state index in [-0.39, 0.29) is 17.9 Å². The van der Waals surface area contributed by atoms with Crippen LogP contribution >= 0.6 is 0 Å². The molecule has 0 unspecified atom stereocenters. The van der Waals surface area contributed by atoms with Crippen LogP contribution in [0.25, 0.3) is 0 Å². The summed E-state index contributed by atoms with van der Waals surface area (Å²) in [6.07, 6.45) is 0.798. The van der Waals surface area contributed by atoms with Gasteiger partial charge in [0.1, 0.15) is 0 Å². The second-order valence-corrected chi connectivity index (χ2v) is 8.15. The maximum Gasteiger partial charge on any atom is 0.258 e. The smallest absolute Gasteiger partial charge is 0.258 e. The van der Waals surface area contributed by atoms with Gasteiger partial charge in [-0.15, -0.1) is 0 Å². The highest BCUT2D eigenvalue weighted by Gasteiger charge is 2.31. The van der Waals surface area contributed by atoms with Crippen molar-refractivity contribution in [1.29, 1.82) is 0 Å². The number of fused-ring (bicyclic) bond motifs is 1. The van der Waals surface area contributed by atoms with E-state index in [1.54, 1.807) is 12.1 Å². The molecular weight excluding hydrogens is 432 g/mol. The lowest BCUT2D eigenvalue weighted by atomic mass is 10.1. The van der Waals surface area contributed by atoms with Gasteiger partial charge in [-0.05, 0) is 54.8 Å². The number of hydrogen-bond acceptors (Lipinski definition) is 5. The Kier molecular flexibility index (Phi) is 6.72. The van der Waals surface area contributed by atoms with E-state index in [2.05, 4.69) is 5.32 Å². The number of carbonyl (C=O) groups is 2. The Morgan fingerprint density at radius 3 is 2.21 bits per heavy atom. The van der Waals surface area contributed by atoms with Crippen molar-refractivity contribution in [2.75, 3.05) is 26.2 Å². The standard InChI is InChI=1S/C27H28N2O5/c1-17-12-20-11-10-18(13-22(20)29(17)27(31)19-8-6-5-7-9-19)16-28-26(30)21-14-23(32-2)25(34-4)24(15-21)33-3/h5-11,13-15,17H,12,16H2,1-4H3,(H,28,30)/t17-/m0/s1. The molecule has 7 heteroatoms. The largest absolute Gasteiger partial charge is 0.493 e. The lowest BCUT2D eigenvalue weighted by molar-refractivity contribution is 0.0947. The maximum absolute atomic E-state index is 13.2. The monoisotopic (exact) mass is 460 g/mol. The Morgan fingerprint density at radius 1 is 0.912 bits per heavy atom. The summed E-state index contributed by atoms with van der Waals surface area (Å²) in [5, 5.41) is 2.94. The average molecular weight is 461 g/mol. The van der Waals surface area contributed by atoms with Crippen molar-refractivity contribution in [2.45, 2.75) is 25.9 Å². The molecule has 7 nitrogen and oxygen atoms in total. The first-order valence-electron chi connectivity index (χ1n) is 11.1. The van der Waals surface area contributed by atoms with Crippen molar-refractivity contribution in [1.82, 2.24) is 5.32 Å². The summed E-state index contributed by atoms with van der Waals surface area (Å²) in [7, 11) is 4.53. The summed E-state index contributed by atoms with van der Waals surface area (Å²) in [4.78, 5) is 27.9. The van der Waals surface area contributed by atoms with Gasteiger partial charge in [0, 0.05) is 29.4 Å². The Labute approximate surface area is 199 Å². The first-order chi connectivity index (χ1) is 16.5. The van der Waals surface area contributed by atoms with Crippen molar-refractivity contribution < 1.29 is 23.8 Å². The Morgan fingerprint density at radius 2 is 1.59 bits per heavy atom. The van der Waals surface area contributed by atoms with Crippen LogP contribution in [-0.4, -0.2) is 39.2 Å². The molecule has 0 aromatic heterocycles. The van der Waals surface area contributed by atoms with E-state index >= 15 is 0 Å². The number of anilines is 1. The van der Waals surface area contributed by atoms with Crippen LogP contribution in [0.5, 0.6) is 17.2 Å². The molecule has 0 saturated carbocycles. The zero-order chi connectivity index (χ0) is 24.2. The summed E-state index contributed by atoms with van der Waals surface area (Å²) in [6.45, 7) is 2.36. The minimum Gasteiger partial charge on any atom is -0.493 e. The maximum atomic E-state index is 13.2. The molecule has 3 aromatic carbocycles. The normalized spacial score (nSPS) is 14.4. The number of hydrogen-bond donors (Lipinski definition) is 1. The van der Waals surface area contributed by atoms with Crippen molar-refractivity contribution in [3.63, 3.8) is 0 Å². The molecule has 2 amide bonds. The third-order valence-electron chi connectivity index (χ3n) is 5.98. The topological polar surface area (TPSA) is 77.1 Å². The van der Waals surface area contributed by atoms with E-state index in [1.165, 1.54) is 21.3 Å². The third kappa shape index (κ3) is 4.41. The summed E-state index contributed by atoms with van der Waals surface area (Å²) in [5.41, 5.74) is 3.96. The number of methoxy groups -OCH3 is 3. The molecule has 34 heavy (non-hydrogen) atoms. The summed E-state index contributed by atoms with van der Waals surface area (Å²) >= 11 is 0. The Balaban J connectivity index is 1.53. The average Bonchev–Trinajstić information content (AvgIpc) is 3.21. The fourth-order valence-corrected chi connectivity index (χ4v) is 4.29. The number of nitrogens with zero attached hydrogens (tertiary/aromatic N) is 1. The van der Waals surface area contributed by atoms with Crippen LogP contribution in [0.1, 0.15) is 38.8 Å². The zero-order valence-corrected chi connectivity index (χ0v) is 19.8. The summed E-state index contributed by atoms with van der Waals surface area (Å²) in [6, 6.07) is 18.6. The quantitative estimate of drug-likeness (QED) is 0.571. The van der Waals surface area contributed by atoms with E-state index in [0.717, 1.165) is 23.2 Å². The minimum absolute atomic E-state index is 0.0227. The molecule has 1 aliphatic heterocycles. The molecule has 3 aromatic rings. The predicted octanol–water partition coefficient (Wildman–Crippen LogP) is 4.23. The Bertz CT molecular complexity index is 1180. The van der Waals surface area contributed by atoms with Crippen LogP contribution < -0.4 is 24.4 Å². The highest BCUT2D eigenvalue weighted by atomic mass is 16.5. The van der Waals surface area contributed by atoms with Crippen LogP contribution in [0.4, 0.5) is 5.69 Å². The van der Waals surface area contributed by atoms with Gasteiger partial charge in [-0.3, -0.25) is 9.59 Å². The van der Waals surface area contributed by atoms with E-state index < -0.39 is 0 Å². The van der Waals surface area contributed by atoms with Gasteiger partial charge < -0.3 is 24.4 Å². The van der Waals surface area contributed by atoms with Crippen LogP contribution in [-0.2, 0) is 13.0 Å². The van der Waals surface area contributed by atoms with Crippen molar-refractivity contribution in [3.05, 3.63) is 82.9 Å². The van der Waals surface area contributed by atoms with E-state index in [1.807, 2.05) is 60.4 Å². The number of nitrogens with one attached hydrogen (secondary N) is 1. The third-order valence-corrected chi connectivity index (χ3v) is 5.98. The van der Waals surface area contributed by atoms with Gasteiger partial charge in [-0.1, -0.05) is 30.3 Å². The molecular formula is C27H28N2O5. The van der Waals surface area contributed by atoms with Crippen molar-refractivity contribution >= 4 is 17.5 Å². The molecule has 1 N–H and O–H groups in total. The van der Waals surface area contributed by atoms with Crippen LogP contribution in [0.15, 0.2) is 60.7 Å². The highest BCUT2D eigenvalue weighted by Crippen LogP contribution is 2.38. The molecule has 4 rings (SSSR count). The van der Waals surface area contributed by atoms with E-state index in [4.69, 9.17) is 14.2 Å². The molecule has 0 saturated heterocycles. The molecule has 0 aliphatic carbocycles. The van der Waals surface area contributed by atoms with Gasteiger partial charge in [-0.2, -0.15) is 0 Å². The highest BCUT2D eigenvalue weighted by molar-refractivity contribution is 6.07. The van der Waals surface area contributed by atoms with E-state index in [9.17, 15) is 9.59 Å². The number of carbonyl (C=O) groups excluding carboxylic acids is 2. The fourth-order valence-electron chi connectivity index (χ4n) is 4.29. The lowest BCUT2D eigenvalue weighted by Gasteiger charge is -2.23. The van der Waals surface area contributed by atoms with Crippen LogP contribution in [0.3, 0.4) is 0 Å². The second kappa shape index (κ2) is 9.87. The SMILES string of the molecule is COc1cc(C(=O)NCc2ccc3c(c2)N(C(=O)c2ccccc2)[C@@H](C)C3)cc(OC)c1OC. The summed E-state index contributed by atoms with van der Waals surface area (Å²) in [5.74, 6) is 0.954. The van der Waals surface area contributed by atoms with Gasteiger partial charge in [0.05, 0.1) is 21.3 Å². The first kappa shape index (κ1) is 23.2. The molecule has 0 bridgehead atoms. The molecule has 0 spiro atoms. The molecule has 1 aliphatic rings. The van der Waals surface area contributed by atoms with Gasteiger partial charge >= 0.3 is 0 Å². The van der Waals surface area contributed by atoms with E-state index in [0.29, 0.717) is 34.9 Å². The van der Waals surface area contributed by atoms with Gasteiger partial charge in [0.2, 0.25) is 5.75 Å². The minimum atomic E-state index is -0.273. The predicted molar refractivity (Wildman–Crippen MR) is 130 cm³/mol. The van der Waals surface area contributed by atoms with Gasteiger partial charge in [0.15, 0.2) is 11.5 Å². The number of ether oxygens (including phenoxy) is 3. The molecule has 176 valence electrons. The van der Waals surface area contributed by atoms with Crippen LogP contribution in [0, 0.1) is 0 Å². The molecule has 1 heterocycles. The van der Waals surface area contributed by atoms with Crippen molar-refractivity contribution in [2.24, 2.45) is 0 Å². The first-order valence-corrected chi connectivity index (χ1v) is 11.1. The van der Waals surface area contributed by atoms with Gasteiger partial charge in [0.25, 0.3) is 11.8 Å².